The van der Waals surface area contributed by atoms with Crippen molar-refractivity contribution >= 4 is 19.1 Å². The lowest BCUT2D eigenvalue weighted by atomic mass is 9.94. The summed E-state index contributed by atoms with van der Waals surface area (Å²) in [5, 5.41) is 10.2. The van der Waals surface area contributed by atoms with Crippen molar-refractivity contribution in [3.63, 3.8) is 0 Å². The Balaban J connectivity index is 1.89. The molecule has 110 valence electrons. The molecule has 0 amide bonds. The van der Waals surface area contributed by atoms with Crippen molar-refractivity contribution in [1.29, 1.82) is 0 Å². The van der Waals surface area contributed by atoms with Crippen LogP contribution in [-0.4, -0.2) is 26.9 Å². The Morgan fingerprint density at radius 1 is 1.18 bits per heavy atom. The molecule has 2 radical (unpaired) electrons. The average Bonchev–Trinajstić information content (AvgIpc) is 2.53. The van der Waals surface area contributed by atoms with E-state index in [0.717, 1.165) is 11.1 Å². The van der Waals surface area contributed by atoms with Gasteiger partial charge in [-0.05, 0) is 6.07 Å². The smallest absolute Gasteiger partial charge is 0.188 e. The molecular weight excluding hydrogens is 279 g/mol. The molecule has 4 nitrogen and oxygen atoms in total. The van der Waals surface area contributed by atoms with Crippen molar-refractivity contribution in [2.45, 2.75) is 6.42 Å². The van der Waals surface area contributed by atoms with Gasteiger partial charge in [-0.15, -0.1) is 0 Å². The summed E-state index contributed by atoms with van der Waals surface area (Å²) in [4.78, 5) is 0. The fourth-order valence-corrected chi connectivity index (χ4v) is 2.28. The van der Waals surface area contributed by atoms with Gasteiger partial charge in [-0.25, -0.2) is 0 Å². The molecule has 0 aromatic heterocycles. The minimum absolute atomic E-state index is 0.171. The Labute approximate surface area is 130 Å². The molecule has 0 saturated carbocycles. The highest BCUT2D eigenvalue weighted by atomic mass is 16.7. The Hall–Kier alpha value is -2.40. The number of allylic oxidation sites excluding steroid dienone is 1. The van der Waals surface area contributed by atoms with Crippen molar-refractivity contribution in [2.75, 3.05) is 13.9 Å². The molecule has 0 fully saturated rings. The third kappa shape index (κ3) is 2.94. The molecule has 0 bridgehead atoms. The minimum atomic E-state index is 0.171. The van der Waals surface area contributed by atoms with E-state index in [2.05, 4.69) is 0 Å². The summed E-state index contributed by atoms with van der Waals surface area (Å²) in [5.74, 6) is 1.95. The maximum absolute atomic E-state index is 10.2. The summed E-state index contributed by atoms with van der Waals surface area (Å²) in [6, 6.07) is 12.7. The van der Waals surface area contributed by atoms with E-state index in [9.17, 15) is 5.11 Å². The van der Waals surface area contributed by atoms with Gasteiger partial charge >= 0.3 is 0 Å². The van der Waals surface area contributed by atoms with Crippen LogP contribution in [0.2, 0.25) is 0 Å². The number of ether oxygens (including phenoxy) is 3. The van der Waals surface area contributed by atoms with E-state index in [4.69, 9.17) is 22.1 Å². The fourth-order valence-electron chi connectivity index (χ4n) is 2.28. The largest absolute Gasteiger partial charge is 0.508 e. The second-order valence-corrected chi connectivity index (χ2v) is 5.00. The van der Waals surface area contributed by atoms with Crippen LogP contribution >= 0.6 is 0 Å². The third-order valence-corrected chi connectivity index (χ3v) is 3.39. The highest BCUT2D eigenvalue weighted by molar-refractivity contribution is 6.32. The lowest BCUT2D eigenvalue weighted by Gasteiger charge is -2.21. The van der Waals surface area contributed by atoms with E-state index in [1.54, 1.807) is 25.3 Å². The summed E-state index contributed by atoms with van der Waals surface area (Å²) >= 11 is 0. The zero-order valence-electron chi connectivity index (χ0n) is 12.2. The standard InChI is InChI=1S/C17H15BO4/c1-20-10-21-14-7-4-12-8-15(19)17(22-16(12)9-14)11-2-5-13(18)6-3-11/h2-7,9,19H,8,10H2,1H3. The van der Waals surface area contributed by atoms with Crippen molar-refractivity contribution in [2.24, 2.45) is 0 Å². The molecule has 2 aromatic carbocycles. The van der Waals surface area contributed by atoms with Gasteiger partial charge in [-0.1, -0.05) is 35.8 Å². The predicted molar refractivity (Wildman–Crippen MR) is 84.7 cm³/mol. The molecule has 1 aliphatic rings. The molecule has 1 aliphatic heterocycles. The summed E-state index contributed by atoms with van der Waals surface area (Å²) in [6.07, 6.45) is 0.416. The van der Waals surface area contributed by atoms with Gasteiger partial charge < -0.3 is 19.3 Å². The quantitative estimate of drug-likeness (QED) is 0.694. The molecule has 22 heavy (non-hydrogen) atoms. The van der Waals surface area contributed by atoms with Gasteiger partial charge in [-0.3, -0.25) is 0 Å². The van der Waals surface area contributed by atoms with Crippen LogP contribution in [0, 0.1) is 0 Å². The Kier molecular flexibility index (Phi) is 4.07. The normalized spacial score (nSPS) is 13.5. The van der Waals surface area contributed by atoms with Gasteiger partial charge in [0.2, 0.25) is 0 Å². The van der Waals surface area contributed by atoms with Crippen LogP contribution in [0.5, 0.6) is 11.5 Å². The molecule has 0 unspecified atom stereocenters. The van der Waals surface area contributed by atoms with Crippen LogP contribution < -0.4 is 14.9 Å². The van der Waals surface area contributed by atoms with E-state index < -0.39 is 0 Å². The number of hydrogen-bond acceptors (Lipinski definition) is 4. The first-order valence-corrected chi connectivity index (χ1v) is 6.88. The fraction of sp³-hybridized carbons (Fsp3) is 0.176. The highest BCUT2D eigenvalue weighted by Gasteiger charge is 2.21. The van der Waals surface area contributed by atoms with Gasteiger partial charge in [0.15, 0.2) is 12.6 Å². The Bertz CT molecular complexity index is 707. The maximum atomic E-state index is 10.2. The number of fused-ring (bicyclic) bond motifs is 1. The first kappa shape index (κ1) is 14.5. The molecule has 0 atom stereocenters. The Morgan fingerprint density at radius 2 is 1.95 bits per heavy atom. The van der Waals surface area contributed by atoms with E-state index >= 15 is 0 Å². The third-order valence-electron chi connectivity index (χ3n) is 3.39. The number of rotatable bonds is 4. The molecule has 0 spiro atoms. The number of hydrogen-bond donors (Lipinski definition) is 1. The van der Waals surface area contributed by atoms with E-state index in [0.29, 0.717) is 29.1 Å². The molecule has 0 saturated heterocycles. The van der Waals surface area contributed by atoms with Crippen LogP contribution in [0.1, 0.15) is 11.1 Å². The van der Waals surface area contributed by atoms with Gasteiger partial charge in [-0.2, -0.15) is 0 Å². The SMILES string of the molecule is [B]c1ccc(C2=C(O)Cc3ccc(OCOC)cc3O2)cc1. The minimum Gasteiger partial charge on any atom is -0.508 e. The average molecular weight is 294 g/mol. The topological polar surface area (TPSA) is 47.9 Å². The van der Waals surface area contributed by atoms with Gasteiger partial charge in [0.05, 0.1) is 0 Å². The lowest BCUT2D eigenvalue weighted by molar-refractivity contribution is 0.0510. The summed E-state index contributed by atoms with van der Waals surface area (Å²) in [7, 11) is 7.25. The number of aliphatic hydroxyl groups is 1. The van der Waals surface area contributed by atoms with Crippen molar-refractivity contribution < 1.29 is 19.3 Å². The monoisotopic (exact) mass is 294 g/mol. The number of aliphatic hydroxyl groups excluding tert-OH is 1. The zero-order valence-corrected chi connectivity index (χ0v) is 12.2. The van der Waals surface area contributed by atoms with Crippen LogP contribution in [-0.2, 0) is 11.2 Å². The molecule has 0 aliphatic carbocycles. The van der Waals surface area contributed by atoms with Gasteiger partial charge in [0, 0.05) is 30.7 Å². The molecule has 1 N–H and O–H groups in total. The van der Waals surface area contributed by atoms with Crippen molar-refractivity contribution in [3.05, 3.63) is 59.4 Å². The maximum Gasteiger partial charge on any atom is 0.188 e. The van der Waals surface area contributed by atoms with E-state index in [1.807, 2.05) is 24.3 Å². The second-order valence-electron chi connectivity index (χ2n) is 5.00. The predicted octanol–water partition coefficient (Wildman–Crippen LogP) is 2.32. The lowest BCUT2D eigenvalue weighted by Crippen LogP contribution is -2.11. The first-order valence-electron chi connectivity index (χ1n) is 6.88. The summed E-state index contributed by atoms with van der Waals surface area (Å²) in [6.45, 7) is 0.171. The zero-order chi connectivity index (χ0) is 15.5. The summed E-state index contributed by atoms with van der Waals surface area (Å²) < 4.78 is 16.2. The van der Waals surface area contributed by atoms with Gasteiger partial charge in [0.25, 0.3) is 0 Å². The molecule has 5 heteroatoms. The number of methoxy groups -OCH3 is 1. The van der Waals surface area contributed by atoms with E-state index in [-0.39, 0.29) is 12.6 Å². The van der Waals surface area contributed by atoms with Crippen LogP contribution in [0.4, 0.5) is 0 Å². The van der Waals surface area contributed by atoms with Gasteiger partial charge in [0.1, 0.15) is 25.1 Å². The van der Waals surface area contributed by atoms with Crippen LogP contribution in [0.25, 0.3) is 5.76 Å². The van der Waals surface area contributed by atoms with Crippen molar-refractivity contribution in [3.8, 4) is 11.5 Å². The Morgan fingerprint density at radius 3 is 2.68 bits per heavy atom. The van der Waals surface area contributed by atoms with E-state index in [1.165, 1.54) is 0 Å². The molecule has 3 rings (SSSR count). The second kappa shape index (κ2) is 6.16. The van der Waals surface area contributed by atoms with Crippen molar-refractivity contribution in [1.82, 2.24) is 0 Å². The molecule has 1 heterocycles. The summed E-state index contributed by atoms with van der Waals surface area (Å²) in [5.41, 5.74) is 2.34. The first-order chi connectivity index (χ1) is 10.7. The molecule has 2 aromatic rings. The number of benzene rings is 2. The van der Waals surface area contributed by atoms with Crippen LogP contribution in [0.3, 0.4) is 0 Å². The van der Waals surface area contributed by atoms with Crippen LogP contribution in [0.15, 0.2) is 48.2 Å². The molecular formula is C17H15BO4. The highest BCUT2D eigenvalue weighted by Crippen LogP contribution is 2.35.